The lowest BCUT2D eigenvalue weighted by Crippen LogP contribution is -2.53. The number of ether oxygens (including phenoxy) is 13. The number of nitrogens with zero attached hydrogens (tertiary/aromatic N) is 5. The summed E-state index contributed by atoms with van der Waals surface area (Å²) in [5.74, 6) is -0.555. The number of hydrogen-bond acceptors (Lipinski definition) is 25. The highest BCUT2D eigenvalue weighted by atomic mass is 16.6. The second-order valence-corrected chi connectivity index (χ2v) is 31.4. The minimum absolute atomic E-state index is 0.0111. The summed E-state index contributed by atoms with van der Waals surface area (Å²) in [5, 5.41) is 44.9. The molecule has 3 aromatic carbocycles. The predicted octanol–water partition coefficient (Wildman–Crippen LogP) is 9.25. The zero-order valence-corrected chi connectivity index (χ0v) is 70.7. The van der Waals surface area contributed by atoms with Crippen molar-refractivity contribution in [2.45, 2.75) is 206 Å². The molecule has 3 aromatic rings. The minimum atomic E-state index is -1.53. The fraction of sp³-hybridized carbons (Fsp3) is 0.655. The Morgan fingerprint density at radius 3 is 1.66 bits per heavy atom. The van der Waals surface area contributed by atoms with Crippen LogP contribution in [-0.4, -0.2) is 267 Å². The summed E-state index contributed by atoms with van der Waals surface area (Å²) in [6, 6.07) is 9.96. The average Bonchev–Trinajstić information content (AvgIpc) is 1.62. The molecule has 0 spiro atoms. The van der Waals surface area contributed by atoms with Crippen LogP contribution in [0.4, 0.5) is 21.9 Å². The maximum atomic E-state index is 14.3. The van der Waals surface area contributed by atoms with Crippen LogP contribution in [0.1, 0.15) is 183 Å². The van der Waals surface area contributed by atoms with Crippen LogP contribution in [-0.2, 0) is 68.4 Å². The lowest BCUT2D eigenvalue weighted by molar-refractivity contribution is -0.132. The number of benzene rings is 3. The molecule has 5 heterocycles. The van der Waals surface area contributed by atoms with Gasteiger partial charge in [0.25, 0.3) is 11.8 Å². The number of aliphatic imine (C=N–C) groups is 1. The Morgan fingerprint density at radius 2 is 1.08 bits per heavy atom. The number of hydrogen-bond donors (Lipinski definition) is 7. The smallest absolute Gasteiger partial charge is 0.416 e. The maximum absolute atomic E-state index is 14.3. The third-order valence-corrected chi connectivity index (χ3v) is 21.9. The molecule has 2 fully saturated rings. The van der Waals surface area contributed by atoms with Gasteiger partial charge in [-0.3, -0.25) is 38.7 Å². The van der Waals surface area contributed by atoms with E-state index < -0.39 is 66.5 Å². The van der Waals surface area contributed by atoms with Crippen LogP contribution in [0, 0.1) is 17.8 Å². The van der Waals surface area contributed by atoms with Gasteiger partial charge in [-0.15, -0.1) is 0 Å². The van der Waals surface area contributed by atoms with E-state index in [2.05, 4.69) is 26.3 Å². The van der Waals surface area contributed by atoms with Gasteiger partial charge in [0.2, 0.25) is 23.6 Å². The first-order valence-electron chi connectivity index (χ1n) is 42.6. The zero-order chi connectivity index (χ0) is 84.8. The van der Waals surface area contributed by atoms with Gasteiger partial charge in [0.1, 0.15) is 31.1 Å². The first-order valence-corrected chi connectivity index (χ1v) is 42.6. The van der Waals surface area contributed by atoms with Crippen molar-refractivity contribution in [1.29, 1.82) is 0 Å². The van der Waals surface area contributed by atoms with Gasteiger partial charge in [0.15, 0.2) is 29.2 Å². The SMILES string of the molecule is COc1cc2c(cc1OCCCCCOc1cc3c(cc1OC)C(=O)N1C=C(C)C[C@H]1[C@H](O)N3C(=O)OCc1ccc(NC(=O)[C@H](C)NC(=O)[C@@H](NC(=O)CCOCCOCCOCCOCCOCCOCCOCCOCCNC(=O)CCN3C(O)CC(CC4CCCCCCCCCC4)C3O)C(C)C)cc1)N=C[C@@H]1CC(C)=CN1C2=O. The highest BCUT2D eigenvalue weighted by Gasteiger charge is 2.46. The highest BCUT2D eigenvalue weighted by molar-refractivity contribution is 6.07. The molecule has 7 amide bonds. The number of carbonyl (C=O) groups is 7. The molecule has 8 atom stereocenters. The molecular formula is C87H129N9O23. The van der Waals surface area contributed by atoms with E-state index in [9.17, 15) is 48.9 Å². The van der Waals surface area contributed by atoms with Gasteiger partial charge in [-0.1, -0.05) is 101 Å². The van der Waals surface area contributed by atoms with E-state index in [0.29, 0.717) is 178 Å². The number of anilines is 2. The summed E-state index contributed by atoms with van der Waals surface area (Å²) < 4.78 is 74.1. The zero-order valence-electron chi connectivity index (χ0n) is 70.7. The van der Waals surface area contributed by atoms with Gasteiger partial charge in [-0.05, 0) is 107 Å². The number of amides is 7. The van der Waals surface area contributed by atoms with E-state index in [1.54, 1.807) is 72.5 Å². The van der Waals surface area contributed by atoms with Gasteiger partial charge in [-0.25, -0.2) is 9.69 Å². The largest absolute Gasteiger partial charge is 0.493 e. The molecule has 3 unspecified atom stereocenters. The van der Waals surface area contributed by atoms with Crippen molar-refractivity contribution in [3.05, 3.63) is 88.8 Å². The van der Waals surface area contributed by atoms with E-state index >= 15 is 0 Å². The second-order valence-electron chi connectivity index (χ2n) is 31.4. The number of aliphatic hydroxyl groups is 3. The summed E-state index contributed by atoms with van der Waals surface area (Å²) in [7, 11) is 2.97. The summed E-state index contributed by atoms with van der Waals surface area (Å²) in [6.07, 6.45) is 18.8. The van der Waals surface area contributed by atoms with Gasteiger partial charge in [0, 0.05) is 68.3 Å². The van der Waals surface area contributed by atoms with Crippen LogP contribution in [0.3, 0.4) is 0 Å². The van der Waals surface area contributed by atoms with Crippen LogP contribution in [0.5, 0.6) is 23.0 Å². The Morgan fingerprint density at radius 1 is 0.555 bits per heavy atom. The second kappa shape index (κ2) is 50.8. The van der Waals surface area contributed by atoms with E-state index in [-0.39, 0.29) is 98.3 Å². The first kappa shape index (κ1) is 94.5. The monoisotopic (exact) mass is 1670 g/mol. The quantitative estimate of drug-likeness (QED) is 0.0259. The third-order valence-electron chi connectivity index (χ3n) is 21.9. The molecule has 0 radical (unpaired) electrons. The molecule has 119 heavy (non-hydrogen) atoms. The van der Waals surface area contributed by atoms with E-state index in [0.717, 1.165) is 28.9 Å². The molecule has 1 aliphatic carbocycles. The van der Waals surface area contributed by atoms with Crippen LogP contribution < -0.4 is 45.1 Å². The van der Waals surface area contributed by atoms with Crippen LogP contribution >= 0.6 is 0 Å². The van der Waals surface area contributed by atoms with E-state index in [4.69, 9.17) is 61.6 Å². The standard InChI is InChI=1S/C87H129N9O23/c1-59(2)80(92-78(98)26-31-109-33-35-111-37-39-113-41-43-115-45-46-116-44-42-114-40-38-112-36-34-110-32-27-88-77(97)25-28-93-79(99)50-65(83(93)102)49-63-19-15-12-10-8-9-11-13-16-20-63)82(101)90-62(5)81(100)91-66-23-21-64(22-24-66)58-119-87(106)96-71-54-76(74(108-7)52-69(71)85(104)95-57-61(4)48-72(95)86(96)105)118-30-18-14-17-29-117-75-53-70-68(51-73(75)107-6)84(103)94-56-60(3)47-67(94)55-89-70/h21-24,51-57,59,62-63,65,67,72,79-80,83,86,99,102,105H,8-20,25-50,58H2,1-7H3,(H,88,97)(H,90,101)(H,91,100)(H,92,98)/t62-,65?,67-,72-,79?,80-,83?,86-/m0/s1. The van der Waals surface area contributed by atoms with Crippen molar-refractivity contribution in [2.75, 3.05) is 156 Å². The Hall–Kier alpha value is -8.38. The fourth-order valence-corrected chi connectivity index (χ4v) is 15.3. The molecule has 1 saturated carbocycles. The summed E-state index contributed by atoms with van der Waals surface area (Å²) in [6.45, 7) is 15.6. The van der Waals surface area contributed by atoms with Gasteiger partial charge < -0.3 is 108 Å². The summed E-state index contributed by atoms with van der Waals surface area (Å²) in [5.41, 5.74) is 3.93. The van der Waals surface area contributed by atoms with E-state index in [1.807, 2.05) is 20.0 Å². The summed E-state index contributed by atoms with van der Waals surface area (Å²) in [4.78, 5) is 105. The van der Waals surface area contributed by atoms with Crippen molar-refractivity contribution >= 4 is 64.8 Å². The van der Waals surface area contributed by atoms with Gasteiger partial charge >= 0.3 is 6.09 Å². The average molecular weight is 1670 g/mol. The molecule has 0 aromatic heterocycles. The molecule has 6 aliphatic rings. The Labute approximate surface area is 699 Å². The van der Waals surface area contributed by atoms with Gasteiger partial charge in [0.05, 0.1) is 168 Å². The van der Waals surface area contributed by atoms with Crippen LogP contribution in [0.2, 0.25) is 0 Å². The minimum Gasteiger partial charge on any atom is -0.493 e. The molecule has 7 N–H and O–H groups in total. The first-order chi connectivity index (χ1) is 57.7. The van der Waals surface area contributed by atoms with Crippen molar-refractivity contribution < 1.29 is 110 Å². The highest BCUT2D eigenvalue weighted by Crippen LogP contribution is 2.44. The number of rotatable bonds is 50. The van der Waals surface area contributed by atoms with Crippen molar-refractivity contribution in [3.8, 4) is 23.0 Å². The molecule has 32 heteroatoms. The molecule has 9 rings (SSSR count). The van der Waals surface area contributed by atoms with Crippen LogP contribution in [0.25, 0.3) is 0 Å². The number of fused-ring (bicyclic) bond motifs is 4. The number of methoxy groups -OCH3 is 2. The number of unbranched alkanes of at least 4 members (excludes halogenated alkanes) is 2. The molecule has 1 saturated heterocycles. The predicted molar refractivity (Wildman–Crippen MR) is 444 cm³/mol. The third kappa shape index (κ3) is 30.0. The lowest BCUT2D eigenvalue weighted by atomic mass is 9.85. The lowest BCUT2D eigenvalue weighted by Gasteiger charge is -2.31. The number of nitrogens with one attached hydrogen (secondary N) is 4. The van der Waals surface area contributed by atoms with E-state index in [1.165, 1.54) is 102 Å². The Balaban J connectivity index is 0.560. The Bertz CT molecular complexity index is 3780. The van der Waals surface area contributed by atoms with Crippen LogP contribution in [0.15, 0.2) is 77.1 Å². The molecule has 32 nitrogen and oxygen atoms in total. The van der Waals surface area contributed by atoms with Gasteiger partial charge in [-0.2, -0.15) is 0 Å². The summed E-state index contributed by atoms with van der Waals surface area (Å²) >= 11 is 0. The van der Waals surface area contributed by atoms with Crippen molar-refractivity contribution in [2.24, 2.45) is 22.7 Å². The van der Waals surface area contributed by atoms with Crippen molar-refractivity contribution in [3.63, 3.8) is 0 Å². The molecular weight excluding hydrogens is 1540 g/mol. The van der Waals surface area contributed by atoms with Crippen molar-refractivity contribution in [1.82, 2.24) is 30.7 Å². The Kier molecular flexibility index (Phi) is 40.3. The molecule has 0 bridgehead atoms. The number of aliphatic hydroxyl groups excluding tert-OH is 3. The number of likely N-dealkylation sites (tertiary alicyclic amines) is 1. The fourth-order valence-electron chi connectivity index (χ4n) is 15.3. The maximum Gasteiger partial charge on any atom is 0.416 e. The topological polar surface area (TPSA) is 374 Å². The molecule has 5 aliphatic heterocycles. The normalized spacial score (nSPS) is 20.1. The molecule has 660 valence electrons. The number of carbonyl (C=O) groups excluding carboxylic acids is 7.